The molecule has 0 N–H and O–H groups in total. The summed E-state index contributed by atoms with van der Waals surface area (Å²) in [6.07, 6.45) is 3.83. The van der Waals surface area contributed by atoms with Crippen LogP contribution in [-0.4, -0.2) is 50.8 Å². The Morgan fingerprint density at radius 1 is 0.919 bits per heavy atom. The highest BCUT2D eigenvalue weighted by Gasteiger charge is 2.67. The van der Waals surface area contributed by atoms with E-state index in [2.05, 4.69) is 69.3 Å². The first kappa shape index (κ1) is 26.6. The highest BCUT2D eigenvalue weighted by Crippen LogP contribution is 2.50. The van der Waals surface area contributed by atoms with Gasteiger partial charge in [0.05, 0.1) is 6.10 Å². The van der Waals surface area contributed by atoms with Crippen molar-refractivity contribution in [3.8, 4) is 0 Å². The Hall–Kier alpha value is -2.03. The van der Waals surface area contributed by atoms with Crippen LogP contribution < -0.4 is 10.4 Å². The van der Waals surface area contributed by atoms with Crippen molar-refractivity contribution in [3.63, 3.8) is 0 Å². The van der Waals surface area contributed by atoms with Crippen LogP contribution >= 0.6 is 0 Å². The minimum atomic E-state index is -2.90. The average Bonchev–Trinajstić information content (AvgIpc) is 3.34. The molecule has 0 amide bonds. The lowest BCUT2D eigenvalue weighted by Crippen LogP contribution is -2.68. The van der Waals surface area contributed by atoms with Gasteiger partial charge in [-0.05, 0) is 35.2 Å². The Kier molecular flexibility index (Phi) is 7.13. The second-order valence-corrected chi connectivity index (χ2v) is 16.1. The molecule has 2 aromatic rings. The number of esters is 1. The fraction of sp³-hybridized carbons (Fsp3) is 0.567. The minimum absolute atomic E-state index is 0.0603. The second kappa shape index (κ2) is 9.93. The quantitative estimate of drug-likeness (QED) is 0.404. The van der Waals surface area contributed by atoms with Gasteiger partial charge in [0.25, 0.3) is 14.1 Å². The Morgan fingerprint density at radius 3 is 2.00 bits per heavy atom. The van der Waals surface area contributed by atoms with E-state index in [0.717, 1.165) is 36.1 Å². The molecule has 6 nitrogen and oxygen atoms in total. The van der Waals surface area contributed by atoms with Crippen molar-refractivity contribution in [2.24, 2.45) is 0 Å². The van der Waals surface area contributed by atoms with E-state index in [-0.39, 0.29) is 23.9 Å². The van der Waals surface area contributed by atoms with E-state index in [1.807, 2.05) is 19.1 Å². The van der Waals surface area contributed by atoms with Gasteiger partial charge in [-0.3, -0.25) is 4.79 Å². The summed E-state index contributed by atoms with van der Waals surface area (Å²) in [6, 6.07) is 20.9. The third kappa shape index (κ3) is 4.70. The summed E-state index contributed by atoms with van der Waals surface area (Å²) < 4.78 is 32.9. The number of ether oxygens (including phenoxy) is 4. The van der Waals surface area contributed by atoms with Gasteiger partial charge in [-0.15, -0.1) is 0 Å². The van der Waals surface area contributed by atoms with Gasteiger partial charge >= 0.3 is 5.97 Å². The molecule has 1 spiro atoms. The van der Waals surface area contributed by atoms with Gasteiger partial charge in [0.1, 0.15) is 12.7 Å². The van der Waals surface area contributed by atoms with Crippen LogP contribution in [-0.2, 0) is 28.2 Å². The van der Waals surface area contributed by atoms with Crippen molar-refractivity contribution >= 4 is 24.7 Å². The zero-order chi connectivity index (χ0) is 26.3. The minimum Gasteiger partial charge on any atom is -0.428 e. The molecule has 1 unspecified atom stereocenters. The summed E-state index contributed by atoms with van der Waals surface area (Å²) in [6.45, 7) is 10.1. The molecule has 2 heterocycles. The van der Waals surface area contributed by atoms with Gasteiger partial charge < -0.3 is 23.4 Å². The number of carbonyl (C=O) groups excluding carboxylic acids is 1. The van der Waals surface area contributed by atoms with Crippen molar-refractivity contribution in [1.82, 2.24) is 0 Å². The highest BCUT2D eigenvalue weighted by atomic mass is 28.4. The smallest absolute Gasteiger partial charge is 0.305 e. The molecule has 1 aliphatic carbocycles. The summed E-state index contributed by atoms with van der Waals surface area (Å²) in [5.74, 6) is -2.44. The maximum atomic E-state index is 12.5. The van der Waals surface area contributed by atoms with Gasteiger partial charge in [-0.25, -0.2) is 0 Å². The van der Waals surface area contributed by atoms with Crippen LogP contribution in [0.25, 0.3) is 0 Å². The summed E-state index contributed by atoms with van der Waals surface area (Å²) >= 11 is 0. The SMILES string of the molecule is CC(=O)OC1(CO[Si](c2ccccc2)(c2ccccc2)C(C)(C)C)O[C@H](C)[C@H]2OC3(CCCCC3)O[C@H]21. The van der Waals surface area contributed by atoms with Crippen molar-refractivity contribution in [2.75, 3.05) is 6.61 Å². The zero-order valence-electron chi connectivity index (χ0n) is 22.7. The number of hydrogen-bond donors (Lipinski definition) is 0. The first-order chi connectivity index (χ1) is 17.6. The molecule has 0 radical (unpaired) electrons. The molecule has 200 valence electrons. The third-order valence-corrected chi connectivity index (χ3v) is 13.1. The number of rotatable bonds is 6. The molecular weight excluding hydrogens is 484 g/mol. The topological polar surface area (TPSA) is 63.2 Å². The monoisotopic (exact) mass is 524 g/mol. The Bertz CT molecular complexity index is 1040. The molecule has 4 atom stereocenters. The summed E-state index contributed by atoms with van der Waals surface area (Å²) in [7, 11) is -2.90. The molecule has 2 saturated heterocycles. The lowest BCUT2D eigenvalue weighted by molar-refractivity contribution is -0.299. The fourth-order valence-electron chi connectivity index (χ4n) is 6.53. The maximum Gasteiger partial charge on any atom is 0.305 e. The van der Waals surface area contributed by atoms with Crippen LogP contribution in [0.5, 0.6) is 0 Å². The second-order valence-electron chi connectivity index (χ2n) is 11.8. The van der Waals surface area contributed by atoms with Gasteiger partial charge in [-0.2, -0.15) is 0 Å². The number of carbonyl (C=O) groups is 1. The van der Waals surface area contributed by atoms with E-state index in [1.165, 1.54) is 13.3 Å². The van der Waals surface area contributed by atoms with Crippen LogP contribution in [0.15, 0.2) is 60.7 Å². The van der Waals surface area contributed by atoms with Crippen molar-refractivity contribution in [2.45, 2.75) is 102 Å². The molecule has 3 fully saturated rings. The van der Waals surface area contributed by atoms with Crippen LogP contribution in [0, 0.1) is 0 Å². The molecule has 0 aromatic heterocycles. The molecule has 2 aromatic carbocycles. The van der Waals surface area contributed by atoms with Gasteiger partial charge in [-0.1, -0.05) is 87.9 Å². The third-order valence-electron chi connectivity index (χ3n) is 8.11. The summed E-state index contributed by atoms with van der Waals surface area (Å²) in [5.41, 5.74) is 0. The van der Waals surface area contributed by atoms with E-state index in [0.29, 0.717) is 0 Å². The van der Waals surface area contributed by atoms with E-state index in [9.17, 15) is 4.79 Å². The molecule has 3 aliphatic rings. The lowest BCUT2D eigenvalue weighted by atomic mass is 9.94. The van der Waals surface area contributed by atoms with Crippen molar-refractivity contribution < 1.29 is 28.2 Å². The normalized spacial score (nSPS) is 29.3. The molecule has 0 bridgehead atoms. The first-order valence-electron chi connectivity index (χ1n) is 13.6. The van der Waals surface area contributed by atoms with Crippen LogP contribution in [0.4, 0.5) is 0 Å². The standard InChI is InChI=1S/C30H40O6Si/c1-22-26-27(36-29(35-26)19-13-8-14-20-29)30(33-22,34-23(2)31)21-32-37(28(3,4)5,24-15-9-6-10-16-24)25-17-11-7-12-18-25/h6-7,9-12,15-18,22,26-27H,8,13-14,19-21H2,1-5H3/t22-,26-,27-,30?/m1/s1. The molecule has 7 heteroatoms. The first-order valence-corrected chi connectivity index (χ1v) is 15.5. The highest BCUT2D eigenvalue weighted by molar-refractivity contribution is 6.99. The number of benzene rings is 2. The average molecular weight is 525 g/mol. The van der Waals surface area contributed by atoms with Crippen LogP contribution in [0.1, 0.15) is 66.7 Å². The van der Waals surface area contributed by atoms with Gasteiger partial charge in [0.2, 0.25) is 0 Å². The van der Waals surface area contributed by atoms with Gasteiger partial charge in [0, 0.05) is 19.8 Å². The van der Waals surface area contributed by atoms with Crippen molar-refractivity contribution in [3.05, 3.63) is 60.7 Å². The number of hydrogen-bond acceptors (Lipinski definition) is 6. The zero-order valence-corrected chi connectivity index (χ0v) is 23.7. The molecular formula is C30H40O6Si. The fourth-order valence-corrected chi connectivity index (χ4v) is 11.1. The summed E-state index contributed by atoms with van der Waals surface area (Å²) in [5, 5.41) is 2.08. The van der Waals surface area contributed by atoms with Gasteiger partial charge in [0.15, 0.2) is 11.9 Å². The molecule has 5 rings (SSSR count). The molecule has 2 aliphatic heterocycles. The van der Waals surface area contributed by atoms with E-state index >= 15 is 0 Å². The van der Waals surface area contributed by atoms with Crippen LogP contribution in [0.3, 0.4) is 0 Å². The van der Waals surface area contributed by atoms with E-state index < -0.39 is 32.0 Å². The summed E-state index contributed by atoms with van der Waals surface area (Å²) in [4.78, 5) is 12.5. The molecule has 37 heavy (non-hydrogen) atoms. The largest absolute Gasteiger partial charge is 0.428 e. The van der Waals surface area contributed by atoms with Crippen LogP contribution in [0.2, 0.25) is 5.04 Å². The predicted octanol–water partition coefficient (Wildman–Crippen LogP) is 4.69. The van der Waals surface area contributed by atoms with E-state index in [1.54, 1.807) is 0 Å². The Morgan fingerprint density at radius 2 is 1.49 bits per heavy atom. The number of fused-ring (bicyclic) bond motifs is 1. The van der Waals surface area contributed by atoms with Crippen molar-refractivity contribution in [1.29, 1.82) is 0 Å². The maximum absolute atomic E-state index is 12.5. The molecule has 1 saturated carbocycles. The predicted molar refractivity (Wildman–Crippen MR) is 144 cm³/mol. The van der Waals surface area contributed by atoms with E-state index in [4.69, 9.17) is 23.4 Å². The Labute approximate surface area is 221 Å². The Balaban J connectivity index is 1.56. The lowest BCUT2D eigenvalue weighted by Gasteiger charge is -2.45.